The first-order chi connectivity index (χ1) is 16.6. The highest BCUT2D eigenvalue weighted by atomic mass is 79.9. The van der Waals surface area contributed by atoms with Crippen molar-refractivity contribution in [2.45, 2.75) is 5.16 Å². The highest BCUT2D eigenvalue weighted by Crippen LogP contribution is 2.29. The first kappa shape index (κ1) is 24.0. The van der Waals surface area contributed by atoms with Crippen molar-refractivity contribution in [2.75, 3.05) is 20.0 Å². The quantitative estimate of drug-likeness (QED) is 0.176. The Labute approximate surface area is 213 Å². The second-order valence-corrected chi connectivity index (χ2v) is 10.2. The second kappa shape index (κ2) is 11.3. The number of ether oxygens (including phenoxy) is 2. The molecule has 4 rings (SSSR count). The van der Waals surface area contributed by atoms with Crippen molar-refractivity contribution in [3.63, 3.8) is 0 Å². The first-order valence-electron chi connectivity index (χ1n) is 10.0. The van der Waals surface area contributed by atoms with Gasteiger partial charge in [-0.05, 0) is 76.6 Å². The van der Waals surface area contributed by atoms with E-state index in [2.05, 4.69) is 36.7 Å². The predicted octanol–water partition coefficient (Wildman–Crippen LogP) is 5.02. The Morgan fingerprint density at radius 1 is 1.06 bits per heavy atom. The largest absolute Gasteiger partial charge is 0.497 e. The zero-order chi connectivity index (χ0) is 23.9. The molecule has 0 aliphatic carbocycles. The predicted molar refractivity (Wildman–Crippen MR) is 138 cm³/mol. The number of thioether (sulfide) groups is 1. The first-order valence-corrected chi connectivity index (χ1v) is 12.6. The van der Waals surface area contributed by atoms with Crippen LogP contribution < -0.4 is 14.9 Å². The Morgan fingerprint density at radius 3 is 2.35 bits per heavy atom. The Morgan fingerprint density at radius 2 is 1.74 bits per heavy atom. The second-order valence-electron chi connectivity index (χ2n) is 6.79. The Kier molecular flexibility index (Phi) is 7.99. The molecule has 0 saturated heterocycles. The van der Waals surface area contributed by atoms with Crippen LogP contribution in [0.3, 0.4) is 0 Å². The number of aromatic nitrogens is 3. The van der Waals surface area contributed by atoms with Crippen LogP contribution in [0.1, 0.15) is 4.88 Å². The molecule has 2 heterocycles. The van der Waals surface area contributed by atoms with Gasteiger partial charge < -0.3 is 9.47 Å². The number of carbonyl (C=O) groups excluding carboxylic acids is 1. The highest BCUT2D eigenvalue weighted by molar-refractivity contribution is 9.11. The number of halogens is 1. The van der Waals surface area contributed by atoms with E-state index in [1.165, 1.54) is 23.1 Å². The molecule has 34 heavy (non-hydrogen) atoms. The molecule has 0 fully saturated rings. The van der Waals surface area contributed by atoms with Gasteiger partial charge in [0.05, 0.1) is 30.0 Å². The van der Waals surface area contributed by atoms with E-state index in [0.717, 1.165) is 31.4 Å². The van der Waals surface area contributed by atoms with Gasteiger partial charge in [-0.2, -0.15) is 5.10 Å². The molecule has 1 N–H and O–H groups in total. The number of thiophene rings is 1. The maximum atomic E-state index is 12.4. The lowest BCUT2D eigenvalue weighted by atomic mass is 10.2. The molecule has 0 aliphatic heterocycles. The number of nitrogens with zero attached hydrogens (tertiary/aromatic N) is 4. The monoisotopic (exact) mass is 557 g/mol. The summed E-state index contributed by atoms with van der Waals surface area (Å²) in [7, 11) is 3.24. The molecule has 0 unspecified atom stereocenters. The summed E-state index contributed by atoms with van der Waals surface area (Å²) in [6.45, 7) is 0. The van der Waals surface area contributed by atoms with Crippen molar-refractivity contribution in [1.29, 1.82) is 0 Å². The lowest BCUT2D eigenvalue weighted by Gasteiger charge is -2.11. The van der Waals surface area contributed by atoms with E-state index in [1.807, 2.05) is 65.2 Å². The van der Waals surface area contributed by atoms with Gasteiger partial charge in [-0.1, -0.05) is 11.8 Å². The molecule has 0 bridgehead atoms. The van der Waals surface area contributed by atoms with Crippen LogP contribution in [-0.4, -0.2) is 46.9 Å². The number of benzene rings is 2. The van der Waals surface area contributed by atoms with Gasteiger partial charge in [-0.25, -0.2) is 5.43 Å². The maximum absolute atomic E-state index is 12.4. The molecular formula is C23H20BrN5O3S2. The molecule has 0 atom stereocenters. The van der Waals surface area contributed by atoms with Gasteiger partial charge in [-0.3, -0.25) is 9.36 Å². The van der Waals surface area contributed by atoms with Crippen LogP contribution in [0.25, 0.3) is 17.1 Å². The minimum Gasteiger partial charge on any atom is -0.497 e. The van der Waals surface area contributed by atoms with Gasteiger partial charge in [0.15, 0.2) is 11.0 Å². The average Bonchev–Trinajstić information content (AvgIpc) is 3.49. The number of nitrogens with one attached hydrogen (secondary N) is 1. The fourth-order valence-electron chi connectivity index (χ4n) is 2.98. The molecule has 2 aromatic heterocycles. The normalized spacial score (nSPS) is 11.0. The van der Waals surface area contributed by atoms with Crippen LogP contribution in [0.4, 0.5) is 0 Å². The maximum Gasteiger partial charge on any atom is 0.250 e. The van der Waals surface area contributed by atoms with Gasteiger partial charge in [0.1, 0.15) is 11.5 Å². The average molecular weight is 558 g/mol. The van der Waals surface area contributed by atoms with Crippen molar-refractivity contribution in [3.8, 4) is 28.6 Å². The third-order valence-corrected chi connectivity index (χ3v) is 7.11. The Hall–Kier alpha value is -3.15. The smallest absolute Gasteiger partial charge is 0.250 e. The van der Waals surface area contributed by atoms with Crippen LogP contribution in [0, 0.1) is 0 Å². The third-order valence-electron chi connectivity index (χ3n) is 4.62. The van der Waals surface area contributed by atoms with E-state index in [-0.39, 0.29) is 11.7 Å². The number of hydrogen-bond acceptors (Lipinski definition) is 8. The van der Waals surface area contributed by atoms with Crippen LogP contribution >= 0.6 is 39.0 Å². The number of hydrazone groups is 1. The zero-order valence-corrected chi connectivity index (χ0v) is 21.5. The zero-order valence-electron chi connectivity index (χ0n) is 18.3. The Bertz CT molecular complexity index is 1290. The van der Waals surface area contributed by atoms with Crippen LogP contribution in [0.15, 0.2) is 74.7 Å². The minimum atomic E-state index is -0.243. The van der Waals surface area contributed by atoms with Crippen LogP contribution in [0.2, 0.25) is 0 Å². The van der Waals surface area contributed by atoms with Gasteiger partial charge in [0.25, 0.3) is 5.91 Å². The molecule has 8 nitrogen and oxygen atoms in total. The van der Waals surface area contributed by atoms with Crippen molar-refractivity contribution < 1.29 is 14.3 Å². The molecular weight excluding hydrogens is 538 g/mol. The summed E-state index contributed by atoms with van der Waals surface area (Å²) < 4.78 is 13.4. The summed E-state index contributed by atoms with van der Waals surface area (Å²) in [5.41, 5.74) is 4.26. The summed E-state index contributed by atoms with van der Waals surface area (Å²) in [6, 6.07) is 19.0. The van der Waals surface area contributed by atoms with Crippen molar-refractivity contribution >= 4 is 51.2 Å². The molecule has 11 heteroatoms. The number of amides is 1. The topological polar surface area (TPSA) is 90.6 Å². The standard InChI is InChI=1S/C23H20BrN5O3S2/c1-31-17-7-3-15(4-8-17)22-27-28-23(29(22)16-5-9-18(32-2)10-6-16)33-14-21(30)26-25-13-19-11-12-20(24)34-19/h3-13H,14H2,1-2H3,(H,26,30)/b25-13-. The summed E-state index contributed by atoms with van der Waals surface area (Å²) in [5, 5.41) is 13.3. The number of carbonyl (C=O) groups is 1. The summed E-state index contributed by atoms with van der Waals surface area (Å²) in [5.74, 6) is 2.03. The summed E-state index contributed by atoms with van der Waals surface area (Å²) in [4.78, 5) is 13.3. The van der Waals surface area contributed by atoms with E-state index in [9.17, 15) is 4.79 Å². The molecule has 174 valence electrons. The van der Waals surface area contributed by atoms with Gasteiger partial charge in [0.2, 0.25) is 0 Å². The van der Waals surface area contributed by atoms with Crippen molar-refractivity contribution in [3.05, 3.63) is 69.3 Å². The van der Waals surface area contributed by atoms with Crippen LogP contribution in [0.5, 0.6) is 11.5 Å². The van der Waals surface area contributed by atoms with E-state index in [4.69, 9.17) is 9.47 Å². The third kappa shape index (κ3) is 5.85. The molecule has 2 aromatic carbocycles. The lowest BCUT2D eigenvalue weighted by Crippen LogP contribution is -2.19. The number of hydrogen-bond donors (Lipinski definition) is 1. The molecule has 1 amide bonds. The SMILES string of the molecule is COc1ccc(-c2nnc(SCC(=O)N/N=C\c3ccc(Br)s3)n2-c2ccc(OC)cc2)cc1. The minimum absolute atomic E-state index is 0.127. The molecule has 0 aliphatic rings. The van der Waals surface area contributed by atoms with Crippen LogP contribution in [-0.2, 0) is 4.79 Å². The summed E-state index contributed by atoms with van der Waals surface area (Å²) in [6.07, 6.45) is 1.61. The molecule has 0 saturated carbocycles. The lowest BCUT2D eigenvalue weighted by molar-refractivity contribution is -0.118. The van der Waals surface area contributed by atoms with Crippen molar-refractivity contribution in [1.82, 2.24) is 20.2 Å². The fourth-order valence-corrected chi connectivity index (χ4v) is 5.02. The van der Waals surface area contributed by atoms with E-state index in [1.54, 1.807) is 20.4 Å². The number of methoxy groups -OCH3 is 2. The fraction of sp³-hybridized carbons (Fsp3) is 0.130. The van der Waals surface area contributed by atoms with E-state index < -0.39 is 0 Å². The van der Waals surface area contributed by atoms with Gasteiger partial charge in [-0.15, -0.1) is 21.5 Å². The van der Waals surface area contributed by atoms with Crippen molar-refractivity contribution in [2.24, 2.45) is 5.10 Å². The highest BCUT2D eigenvalue weighted by Gasteiger charge is 2.17. The van der Waals surface area contributed by atoms with Gasteiger partial charge in [0, 0.05) is 16.1 Å². The molecule has 0 spiro atoms. The van der Waals surface area contributed by atoms with E-state index in [0.29, 0.717) is 11.0 Å². The van der Waals surface area contributed by atoms with Gasteiger partial charge >= 0.3 is 0 Å². The molecule has 4 aromatic rings. The number of rotatable bonds is 9. The van der Waals surface area contributed by atoms with E-state index >= 15 is 0 Å². The molecule has 0 radical (unpaired) electrons. The summed E-state index contributed by atoms with van der Waals surface area (Å²) >= 11 is 6.20. The Balaban J connectivity index is 1.54.